The number of barbiturate groups is 1. The molecule has 4 amide bonds. The van der Waals surface area contributed by atoms with Gasteiger partial charge in [-0.1, -0.05) is 17.7 Å². The van der Waals surface area contributed by atoms with Crippen LogP contribution in [0.25, 0.3) is 11.8 Å². The number of carboxylic acids is 1. The first-order valence-electron chi connectivity index (χ1n) is 10.3. The first-order chi connectivity index (χ1) is 16.1. The van der Waals surface area contributed by atoms with Gasteiger partial charge in [-0.25, -0.2) is 14.5 Å². The minimum atomic E-state index is -1.04. The van der Waals surface area contributed by atoms with Gasteiger partial charge < -0.3 is 9.67 Å². The number of amides is 4. The summed E-state index contributed by atoms with van der Waals surface area (Å²) in [5.74, 6) is -2.60. The maximum atomic E-state index is 13.2. The fourth-order valence-electron chi connectivity index (χ4n) is 3.93. The number of nitrogens with zero attached hydrogens (tertiary/aromatic N) is 2. The number of urea groups is 1. The molecule has 1 aliphatic rings. The van der Waals surface area contributed by atoms with E-state index >= 15 is 0 Å². The normalized spacial score (nSPS) is 15.1. The van der Waals surface area contributed by atoms with Crippen molar-refractivity contribution in [3.8, 4) is 5.69 Å². The van der Waals surface area contributed by atoms with E-state index in [1.807, 2.05) is 18.4 Å². The second-order valence-corrected chi connectivity index (χ2v) is 8.34. The lowest BCUT2D eigenvalue weighted by molar-refractivity contribution is -0.122. The van der Waals surface area contributed by atoms with Crippen molar-refractivity contribution < 1.29 is 24.3 Å². The number of nitrogens with one attached hydrogen (secondary N) is 1. The summed E-state index contributed by atoms with van der Waals surface area (Å²) in [6, 6.07) is 11.9. The molecule has 0 spiro atoms. The topological polar surface area (TPSA) is 109 Å². The fraction of sp³-hybridized carbons (Fsp3) is 0.120. The number of benzene rings is 2. The molecule has 0 unspecified atom stereocenters. The predicted octanol–water partition coefficient (Wildman–Crippen LogP) is 4.42. The minimum Gasteiger partial charge on any atom is -0.478 e. The molecule has 0 radical (unpaired) electrons. The molecule has 0 atom stereocenters. The third kappa shape index (κ3) is 3.99. The summed E-state index contributed by atoms with van der Waals surface area (Å²) in [4.78, 5) is 50.4. The zero-order chi connectivity index (χ0) is 24.7. The van der Waals surface area contributed by atoms with Crippen LogP contribution in [-0.4, -0.2) is 33.5 Å². The molecule has 1 saturated heterocycles. The number of aromatic carboxylic acids is 1. The molecule has 0 saturated carbocycles. The van der Waals surface area contributed by atoms with Gasteiger partial charge in [0.2, 0.25) is 0 Å². The van der Waals surface area contributed by atoms with Crippen molar-refractivity contribution in [2.24, 2.45) is 0 Å². The minimum absolute atomic E-state index is 0.145. The molecule has 8 nitrogen and oxygen atoms in total. The molecular weight excluding hydrogens is 458 g/mol. The van der Waals surface area contributed by atoms with Crippen molar-refractivity contribution in [1.29, 1.82) is 0 Å². The van der Waals surface area contributed by atoms with E-state index < -0.39 is 23.8 Å². The van der Waals surface area contributed by atoms with E-state index in [4.69, 9.17) is 11.6 Å². The van der Waals surface area contributed by atoms with Crippen LogP contribution < -0.4 is 10.2 Å². The maximum absolute atomic E-state index is 13.2. The number of aryl methyl sites for hydroxylation is 2. The van der Waals surface area contributed by atoms with E-state index in [0.717, 1.165) is 16.2 Å². The first-order valence-corrected chi connectivity index (χ1v) is 10.7. The Kier molecular flexibility index (Phi) is 5.85. The SMILES string of the molecule is Cc1ccc(C(=O)O)cc1-n1c(C)cc(/C=C2\C(=O)NC(=O)N(c3ccc(Cl)cc3)C2=O)c1C. The summed E-state index contributed by atoms with van der Waals surface area (Å²) in [5, 5.41) is 12.0. The van der Waals surface area contributed by atoms with E-state index in [1.54, 1.807) is 37.3 Å². The van der Waals surface area contributed by atoms with Crippen molar-refractivity contribution >= 4 is 47.2 Å². The lowest BCUT2D eigenvalue weighted by Crippen LogP contribution is -2.54. The number of carboxylic acid groups (broad SMARTS) is 1. The number of hydrogen-bond acceptors (Lipinski definition) is 4. The van der Waals surface area contributed by atoms with E-state index in [0.29, 0.717) is 22.0 Å². The zero-order valence-electron chi connectivity index (χ0n) is 18.5. The Balaban J connectivity index is 1.79. The van der Waals surface area contributed by atoms with Gasteiger partial charge in [-0.15, -0.1) is 0 Å². The summed E-state index contributed by atoms with van der Waals surface area (Å²) in [7, 11) is 0. The van der Waals surface area contributed by atoms with Crippen LogP contribution in [0.1, 0.15) is 32.9 Å². The van der Waals surface area contributed by atoms with Crippen LogP contribution in [0.3, 0.4) is 0 Å². The van der Waals surface area contributed by atoms with Crippen LogP contribution in [0.4, 0.5) is 10.5 Å². The fourth-order valence-corrected chi connectivity index (χ4v) is 4.05. The number of rotatable bonds is 4. The molecule has 2 N–H and O–H groups in total. The first kappa shape index (κ1) is 23.0. The molecule has 0 bridgehead atoms. The van der Waals surface area contributed by atoms with Crippen molar-refractivity contribution in [2.75, 3.05) is 4.90 Å². The zero-order valence-corrected chi connectivity index (χ0v) is 19.3. The van der Waals surface area contributed by atoms with Gasteiger partial charge in [0.25, 0.3) is 11.8 Å². The standard InChI is InChI=1S/C25H20ClN3O5/c1-13-4-5-16(24(32)33)12-21(13)28-14(2)10-17(15(28)3)11-20-22(30)27-25(34)29(23(20)31)19-8-6-18(26)7-9-19/h4-12H,1-3H3,(H,32,33)(H,27,30,34)/b20-11+. The van der Waals surface area contributed by atoms with E-state index in [9.17, 15) is 24.3 Å². The van der Waals surface area contributed by atoms with Gasteiger partial charge in [-0.2, -0.15) is 0 Å². The number of anilines is 1. The van der Waals surface area contributed by atoms with Gasteiger partial charge in [0.15, 0.2) is 0 Å². The van der Waals surface area contributed by atoms with Gasteiger partial charge in [0, 0.05) is 22.1 Å². The van der Waals surface area contributed by atoms with Gasteiger partial charge in [0.1, 0.15) is 5.57 Å². The smallest absolute Gasteiger partial charge is 0.335 e. The molecule has 2 aromatic carbocycles. The van der Waals surface area contributed by atoms with Crippen LogP contribution in [0.5, 0.6) is 0 Å². The quantitative estimate of drug-likeness (QED) is 0.427. The van der Waals surface area contributed by atoms with Gasteiger partial charge >= 0.3 is 12.0 Å². The summed E-state index contributed by atoms with van der Waals surface area (Å²) in [5.41, 5.74) is 3.82. The Bertz CT molecular complexity index is 1400. The average molecular weight is 478 g/mol. The number of carbonyl (C=O) groups excluding carboxylic acids is 3. The number of imide groups is 2. The molecule has 1 aliphatic heterocycles. The number of halogens is 1. The Hall–Kier alpha value is -4.17. The molecule has 3 aromatic rings. The second kappa shape index (κ2) is 8.64. The van der Waals surface area contributed by atoms with E-state index in [-0.39, 0.29) is 16.8 Å². The summed E-state index contributed by atoms with van der Waals surface area (Å²) < 4.78 is 1.86. The van der Waals surface area contributed by atoms with Crippen LogP contribution >= 0.6 is 11.6 Å². The monoisotopic (exact) mass is 477 g/mol. The molecule has 9 heteroatoms. The summed E-state index contributed by atoms with van der Waals surface area (Å²) in [6.45, 7) is 5.51. The van der Waals surface area contributed by atoms with Gasteiger partial charge in [-0.3, -0.25) is 14.9 Å². The van der Waals surface area contributed by atoms with Crippen LogP contribution in [0.2, 0.25) is 5.02 Å². The van der Waals surface area contributed by atoms with Crippen LogP contribution in [0.15, 0.2) is 54.1 Å². The highest BCUT2D eigenvalue weighted by Gasteiger charge is 2.37. The van der Waals surface area contributed by atoms with Crippen molar-refractivity contribution in [3.05, 3.63) is 87.2 Å². The molecule has 2 heterocycles. The molecule has 1 fully saturated rings. The largest absolute Gasteiger partial charge is 0.478 e. The number of aromatic nitrogens is 1. The average Bonchev–Trinajstić information content (AvgIpc) is 3.05. The molecular formula is C25H20ClN3O5. The van der Waals surface area contributed by atoms with Crippen LogP contribution in [-0.2, 0) is 9.59 Å². The highest BCUT2D eigenvalue weighted by molar-refractivity contribution is 6.39. The van der Waals surface area contributed by atoms with Crippen molar-refractivity contribution in [3.63, 3.8) is 0 Å². The van der Waals surface area contributed by atoms with E-state index in [2.05, 4.69) is 5.32 Å². The second-order valence-electron chi connectivity index (χ2n) is 7.90. The Morgan fingerprint density at radius 1 is 1.00 bits per heavy atom. The Morgan fingerprint density at radius 3 is 2.32 bits per heavy atom. The Labute approximate surface area is 200 Å². The van der Waals surface area contributed by atoms with Crippen molar-refractivity contribution in [1.82, 2.24) is 9.88 Å². The Morgan fingerprint density at radius 2 is 1.68 bits per heavy atom. The molecule has 1 aromatic heterocycles. The third-order valence-corrected chi connectivity index (χ3v) is 5.91. The highest BCUT2D eigenvalue weighted by atomic mass is 35.5. The molecule has 172 valence electrons. The van der Waals surface area contributed by atoms with Gasteiger partial charge in [0.05, 0.1) is 11.3 Å². The highest BCUT2D eigenvalue weighted by Crippen LogP contribution is 2.28. The molecule has 34 heavy (non-hydrogen) atoms. The lowest BCUT2D eigenvalue weighted by Gasteiger charge is -2.26. The molecule has 4 rings (SSSR count). The van der Waals surface area contributed by atoms with Crippen molar-refractivity contribution in [2.45, 2.75) is 20.8 Å². The predicted molar refractivity (Wildman–Crippen MR) is 127 cm³/mol. The summed E-state index contributed by atoms with van der Waals surface area (Å²) >= 11 is 5.90. The van der Waals surface area contributed by atoms with E-state index in [1.165, 1.54) is 24.3 Å². The lowest BCUT2D eigenvalue weighted by atomic mass is 10.1. The summed E-state index contributed by atoms with van der Waals surface area (Å²) in [6.07, 6.45) is 1.43. The molecule has 0 aliphatic carbocycles. The number of hydrogen-bond donors (Lipinski definition) is 2. The maximum Gasteiger partial charge on any atom is 0.335 e. The van der Waals surface area contributed by atoms with Gasteiger partial charge in [-0.05, 0) is 80.4 Å². The van der Waals surface area contributed by atoms with Crippen LogP contribution in [0, 0.1) is 20.8 Å². The number of carbonyl (C=O) groups is 4. The third-order valence-electron chi connectivity index (χ3n) is 5.65.